The molecule has 0 aliphatic carbocycles. The van der Waals surface area contributed by atoms with Crippen LogP contribution in [-0.4, -0.2) is 41.5 Å². The predicted octanol–water partition coefficient (Wildman–Crippen LogP) is 1.49. The molecule has 98 valence electrons. The minimum atomic E-state index is -3.81. The van der Waals surface area contributed by atoms with E-state index in [0.717, 1.165) is 4.31 Å². The molecule has 0 radical (unpaired) electrons. The number of nitrogens with zero attached hydrogens (tertiary/aromatic N) is 1. The molecule has 5 nitrogen and oxygen atoms in total. The number of benzene rings is 1. The molecule has 1 aromatic carbocycles. The second-order valence-corrected chi connectivity index (χ2v) is 7.03. The summed E-state index contributed by atoms with van der Waals surface area (Å²) in [5.74, 6) is -0.730. The van der Waals surface area contributed by atoms with Crippen LogP contribution in [0.1, 0.15) is 0 Å². The molecule has 0 spiro atoms. The zero-order valence-corrected chi connectivity index (χ0v) is 11.5. The Morgan fingerprint density at radius 2 is 2.22 bits per heavy atom. The van der Waals surface area contributed by atoms with E-state index in [2.05, 4.69) is 0 Å². The second-order valence-electron chi connectivity index (χ2n) is 3.70. The fraction of sp³-hybridized carbons (Fsp3) is 0.300. The number of halogens is 1. The number of hydrogen-bond acceptors (Lipinski definition) is 4. The molecule has 1 aromatic rings. The van der Waals surface area contributed by atoms with Crippen molar-refractivity contribution in [3.8, 4) is 0 Å². The van der Waals surface area contributed by atoms with Gasteiger partial charge in [0.25, 0.3) is 0 Å². The summed E-state index contributed by atoms with van der Waals surface area (Å²) in [7, 11) is -3.81. The first-order valence-corrected chi connectivity index (χ1v) is 7.98. The van der Waals surface area contributed by atoms with Gasteiger partial charge in [-0.1, -0.05) is 17.7 Å². The van der Waals surface area contributed by atoms with Crippen molar-refractivity contribution in [3.05, 3.63) is 29.3 Å². The SMILES string of the molecule is O=C(O)C1CSCN1S(=O)(=O)c1cccc(Cl)c1. The Morgan fingerprint density at radius 1 is 1.50 bits per heavy atom. The van der Waals surface area contributed by atoms with Gasteiger partial charge in [-0.3, -0.25) is 4.79 Å². The van der Waals surface area contributed by atoms with E-state index in [-0.39, 0.29) is 16.5 Å². The maximum atomic E-state index is 12.3. The lowest BCUT2D eigenvalue weighted by molar-refractivity contribution is -0.140. The zero-order chi connectivity index (χ0) is 13.3. The molecule has 1 saturated heterocycles. The van der Waals surface area contributed by atoms with Crippen LogP contribution in [0.5, 0.6) is 0 Å². The van der Waals surface area contributed by atoms with E-state index in [0.29, 0.717) is 5.02 Å². The number of aliphatic carboxylic acids is 1. The molecule has 1 aliphatic heterocycles. The van der Waals surface area contributed by atoms with Crippen LogP contribution in [0.3, 0.4) is 0 Å². The molecule has 1 unspecified atom stereocenters. The van der Waals surface area contributed by atoms with E-state index in [1.54, 1.807) is 6.07 Å². The largest absolute Gasteiger partial charge is 0.480 e. The molecule has 8 heteroatoms. The van der Waals surface area contributed by atoms with Crippen LogP contribution in [-0.2, 0) is 14.8 Å². The average Bonchev–Trinajstić information content (AvgIpc) is 2.78. The number of rotatable bonds is 3. The van der Waals surface area contributed by atoms with Gasteiger partial charge >= 0.3 is 5.97 Å². The first kappa shape index (κ1) is 13.7. The summed E-state index contributed by atoms with van der Waals surface area (Å²) < 4.78 is 25.6. The van der Waals surface area contributed by atoms with Crippen LogP contribution in [0.2, 0.25) is 5.02 Å². The van der Waals surface area contributed by atoms with Gasteiger partial charge in [-0.05, 0) is 18.2 Å². The predicted molar refractivity (Wildman–Crippen MR) is 69.2 cm³/mol. The summed E-state index contributed by atoms with van der Waals surface area (Å²) in [4.78, 5) is 11.0. The van der Waals surface area contributed by atoms with E-state index < -0.39 is 22.0 Å². The van der Waals surface area contributed by atoms with Crippen LogP contribution >= 0.6 is 23.4 Å². The van der Waals surface area contributed by atoms with Crippen molar-refractivity contribution >= 4 is 39.4 Å². The van der Waals surface area contributed by atoms with E-state index >= 15 is 0 Å². The third-order valence-corrected chi connectivity index (χ3v) is 5.79. The van der Waals surface area contributed by atoms with Gasteiger partial charge in [0.1, 0.15) is 6.04 Å². The highest BCUT2D eigenvalue weighted by atomic mass is 35.5. The second kappa shape index (κ2) is 5.08. The summed E-state index contributed by atoms with van der Waals surface area (Å²) in [5.41, 5.74) is 0. The molecule has 0 amide bonds. The number of sulfonamides is 1. The van der Waals surface area contributed by atoms with Crippen LogP contribution in [0, 0.1) is 0 Å². The molecule has 0 aromatic heterocycles. The van der Waals surface area contributed by atoms with Gasteiger partial charge in [0.15, 0.2) is 0 Å². The molecule has 1 fully saturated rings. The number of carboxylic acids is 1. The standard InChI is InChI=1S/C10H10ClNO4S2/c11-7-2-1-3-8(4-7)18(15,16)12-6-17-5-9(12)10(13)14/h1-4,9H,5-6H2,(H,13,14). The molecule has 1 aliphatic rings. The molecule has 1 atom stereocenters. The smallest absolute Gasteiger partial charge is 0.322 e. The maximum absolute atomic E-state index is 12.3. The molecular formula is C10H10ClNO4S2. The van der Waals surface area contributed by atoms with Crippen molar-refractivity contribution in [2.24, 2.45) is 0 Å². The summed E-state index contributed by atoms with van der Waals surface area (Å²) in [6.07, 6.45) is 0. The molecule has 0 bridgehead atoms. The first-order chi connectivity index (χ1) is 8.43. The zero-order valence-electron chi connectivity index (χ0n) is 9.11. The van der Waals surface area contributed by atoms with Gasteiger partial charge in [0.2, 0.25) is 10.0 Å². The van der Waals surface area contributed by atoms with E-state index in [1.165, 1.54) is 30.0 Å². The number of carbonyl (C=O) groups is 1. The Kier molecular flexibility index (Phi) is 3.86. The highest BCUT2D eigenvalue weighted by molar-refractivity contribution is 8.00. The fourth-order valence-electron chi connectivity index (χ4n) is 1.62. The van der Waals surface area contributed by atoms with Gasteiger partial charge < -0.3 is 5.11 Å². The molecule has 2 rings (SSSR count). The van der Waals surface area contributed by atoms with Crippen LogP contribution in [0.25, 0.3) is 0 Å². The first-order valence-electron chi connectivity index (χ1n) is 5.01. The molecule has 1 heterocycles. The van der Waals surface area contributed by atoms with Crippen molar-refractivity contribution in [2.45, 2.75) is 10.9 Å². The highest BCUT2D eigenvalue weighted by Gasteiger charge is 2.40. The van der Waals surface area contributed by atoms with Crippen molar-refractivity contribution in [3.63, 3.8) is 0 Å². The monoisotopic (exact) mass is 307 g/mol. The lowest BCUT2D eigenvalue weighted by Crippen LogP contribution is -2.41. The van der Waals surface area contributed by atoms with Crippen molar-refractivity contribution in [2.75, 3.05) is 11.6 Å². The van der Waals surface area contributed by atoms with Crippen LogP contribution in [0.15, 0.2) is 29.2 Å². The van der Waals surface area contributed by atoms with E-state index in [9.17, 15) is 13.2 Å². The molecule has 18 heavy (non-hydrogen) atoms. The van der Waals surface area contributed by atoms with Crippen molar-refractivity contribution < 1.29 is 18.3 Å². The summed E-state index contributed by atoms with van der Waals surface area (Å²) in [6.45, 7) is 0. The Bertz CT molecular complexity index is 575. The quantitative estimate of drug-likeness (QED) is 0.915. The summed E-state index contributed by atoms with van der Waals surface area (Å²) >= 11 is 7.03. The van der Waals surface area contributed by atoms with E-state index in [4.69, 9.17) is 16.7 Å². The molecule has 1 N–H and O–H groups in total. The number of carboxylic acid groups (broad SMARTS) is 1. The fourth-order valence-corrected chi connectivity index (χ4v) is 5.06. The summed E-state index contributed by atoms with van der Waals surface area (Å²) in [6, 6.07) is 4.79. The van der Waals surface area contributed by atoms with Gasteiger partial charge in [-0.15, -0.1) is 11.8 Å². The Balaban J connectivity index is 2.40. The third-order valence-electron chi connectivity index (χ3n) is 2.53. The highest BCUT2D eigenvalue weighted by Crippen LogP contribution is 2.29. The van der Waals surface area contributed by atoms with Gasteiger partial charge in [-0.2, -0.15) is 4.31 Å². The van der Waals surface area contributed by atoms with Gasteiger partial charge in [0.05, 0.1) is 10.8 Å². The lowest BCUT2D eigenvalue weighted by Gasteiger charge is -2.20. The van der Waals surface area contributed by atoms with Gasteiger partial charge in [0, 0.05) is 10.8 Å². The number of thioether (sulfide) groups is 1. The topological polar surface area (TPSA) is 74.7 Å². The Labute approximate surface area is 114 Å². The number of hydrogen-bond donors (Lipinski definition) is 1. The Hall–Kier alpha value is -0.760. The van der Waals surface area contributed by atoms with Crippen molar-refractivity contribution in [1.29, 1.82) is 0 Å². The molecular weight excluding hydrogens is 298 g/mol. The van der Waals surface area contributed by atoms with Crippen LogP contribution in [0.4, 0.5) is 0 Å². The van der Waals surface area contributed by atoms with Gasteiger partial charge in [-0.25, -0.2) is 8.42 Å². The minimum Gasteiger partial charge on any atom is -0.480 e. The summed E-state index contributed by atoms with van der Waals surface area (Å²) in [5, 5.41) is 9.30. The normalized spacial score (nSPS) is 21.1. The lowest BCUT2D eigenvalue weighted by atomic mass is 10.4. The maximum Gasteiger partial charge on any atom is 0.322 e. The van der Waals surface area contributed by atoms with Crippen LogP contribution < -0.4 is 0 Å². The van der Waals surface area contributed by atoms with Crippen molar-refractivity contribution in [1.82, 2.24) is 4.31 Å². The van der Waals surface area contributed by atoms with E-state index in [1.807, 2.05) is 0 Å². The average molecular weight is 308 g/mol. The molecule has 0 saturated carbocycles. The Morgan fingerprint density at radius 3 is 2.83 bits per heavy atom. The third kappa shape index (κ3) is 2.49. The minimum absolute atomic E-state index is 0.0174.